The fraction of sp³-hybridized carbons (Fsp3) is 0.312. The Morgan fingerprint density at radius 3 is 2.65 bits per heavy atom. The molecule has 1 aromatic heterocycles. The topological polar surface area (TPSA) is 88.4 Å². The maximum Gasteiger partial charge on any atom is 0.239 e. The normalized spacial score (nSPS) is 12.7. The molecule has 1 unspecified atom stereocenters. The van der Waals surface area contributed by atoms with Gasteiger partial charge in [0.05, 0.1) is 23.7 Å². The molecule has 1 atom stereocenters. The van der Waals surface area contributed by atoms with Crippen LogP contribution in [0, 0.1) is 6.92 Å². The van der Waals surface area contributed by atoms with Crippen molar-refractivity contribution in [3.8, 4) is 0 Å². The third-order valence-electron chi connectivity index (χ3n) is 3.42. The molecule has 2 N–H and O–H groups in total. The molecule has 0 aliphatic heterocycles. The van der Waals surface area contributed by atoms with Crippen molar-refractivity contribution >= 4 is 21.4 Å². The Labute approximate surface area is 135 Å². The Morgan fingerprint density at radius 2 is 2.04 bits per heavy atom. The number of carbonyl (C=O) groups excluding carboxylic acids is 1. The third kappa shape index (κ3) is 4.59. The highest BCUT2D eigenvalue weighted by Gasteiger charge is 2.13. The van der Waals surface area contributed by atoms with Crippen molar-refractivity contribution in [3.05, 3.63) is 47.9 Å². The van der Waals surface area contributed by atoms with Crippen LogP contribution in [0.2, 0.25) is 0 Å². The van der Waals surface area contributed by atoms with Crippen molar-refractivity contribution < 1.29 is 17.6 Å². The van der Waals surface area contributed by atoms with Gasteiger partial charge < -0.3 is 15.1 Å². The van der Waals surface area contributed by atoms with Crippen molar-refractivity contribution in [2.75, 3.05) is 18.1 Å². The molecule has 1 heterocycles. The van der Waals surface area contributed by atoms with E-state index in [9.17, 15) is 13.2 Å². The van der Waals surface area contributed by atoms with Gasteiger partial charge in [-0.05, 0) is 43.7 Å². The molecule has 0 spiro atoms. The zero-order valence-corrected chi connectivity index (χ0v) is 14.1. The summed E-state index contributed by atoms with van der Waals surface area (Å²) < 4.78 is 28.4. The molecule has 0 aliphatic carbocycles. The van der Waals surface area contributed by atoms with Crippen LogP contribution in [0.5, 0.6) is 0 Å². The van der Waals surface area contributed by atoms with Gasteiger partial charge in [-0.2, -0.15) is 0 Å². The van der Waals surface area contributed by atoms with Crippen LogP contribution in [0.15, 0.2) is 45.9 Å². The molecule has 1 aromatic carbocycles. The number of furan rings is 1. The quantitative estimate of drug-likeness (QED) is 0.845. The minimum absolute atomic E-state index is 0.0408. The molecule has 2 aromatic rings. The summed E-state index contributed by atoms with van der Waals surface area (Å²) >= 11 is 0. The van der Waals surface area contributed by atoms with Gasteiger partial charge in [-0.25, -0.2) is 8.42 Å². The highest BCUT2D eigenvalue weighted by atomic mass is 32.2. The van der Waals surface area contributed by atoms with Gasteiger partial charge in [-0.1, -0.05) is 6.07 Å². The molecular formula is C16H20N2O4S. The standard InChI is InChI=1S/C16H20N2O4S/c1-11-6-7-13(23(3,20)21)9-14(11)17-10-16(19)18-12(2)15-5-4-8-22-15/h4-9,12,17H,10H2,1-3H3,(H,18,19). The molecule has 6 nitrogen and oxygen atoms in total. The number of carbonyl (C=O) groups is 1. The molecule has 0 saturated heterocycles. The lowest BCUT2D eigenvalue weighted by Gasteiger charge is -2.14. The van der Waals surface area contributed by atoms with E-state index in [0.717, 1.165) is 11.8 Å². The average molecular weight is 336 g/mol. The van der Waals surface area contributed by atoms with Gasteiger partial charge >= 0.3 is 0 Å². The first-order valence-electron chi connectivity index (χ1n) is 7.14. The van der Waals surface area contributed by atoms with E-state index < -0.39 is 9.84 Å². The lowest BCUT2D eigenvalue weighted by molar-refractivity contribution is -0.120. The first-order chi connectivity index (χ1) is 10.8. The van der Waals surface area contributed by atoms with E-state index in [1.165, 1.54) is 6.07 Å². The van der Waals surface area contributed by atoms with E-state index in [1.807, 2.05) is 13.8 Å². The Balaban J connectivity index is 1.99. The first kappa shape index (κ1) is 17.1. The van der Waals surface area contributed by atoms with Crippen molar-refractivity contribution in [2.24, 2.45) is 0 Å². The lowest BCUT2D eigenvalue weighted by atomic mass is 10.2. The highest BCUT2D eigenvalue weighted by molar-refractivity contribution is 7.90. The Hall–Kier alpha value is -2.28. The summed E-state index contributed by atoms with van der Waals surface area (Å²) in [5.74, 6) is 0.465. The summed E-state index contributed by atoms with van der Waals surface area (Å²) in [5, 5.41) is 5.77. The van der Waals surface area contributed by atoms with E-state index in [0.29, 0.717) is 11.4 Å². The van der Waals surface area contributed by atoms with Crippen LogP contribution in [-0.2, 0) is 14.6 Å². The van der Waals surface area contributed by atoms with Crippen LogP contribution < -0.4 is 10.6 Å². The van der Waals surface area contributed by atoms with Crippen molar-refractivity contribution in [1.29, 1.82) is 0 Å². The summed E-state index contributed by atoms with van der Waals surface area (Å²) in [5.41, 5.74) is 1.48. The largest absolute Gasteiger partial charge is 0.467 e. The smallest absolute Gasteiger partial charge is 0.239 e. The van der Waals surface area contributed by atoms with Crippen LogP contribution >= 0.6 is 0 Å². The van der Waals surface area contributed by atoms with Crippen LogP contribution in [0.4, 0.5) is 5.69 Å². The zero-order chi connectivity index (χ0) is 17.0. The van der Waals surface area contributed by atoms with Crippen molar-refractivity contribution in [2.45, 2.75) is 24.8 Å². The van der Waals surface area contributed by atoms with E-state index in [2.05, 4.69) is 10.6 Å². The maximum atomic E-state index is 12.0. The SMILES string of the molecule is Cc1ccc(S(C)(=O)=O)cc1NCC(=O)NC(C)c1ccco1. The van der Waals surface area contributed by atoms with Crippen LogP contribution in [0.1, 0.15) is 24.3 Å². The minimum atomic E-state index is -3.28. The molecule has 1 amide bonds. The van der Waals surface area contributed by atoms with Gasteiger partial charge in [0.1, 0.15) is 5.76 Å². The number of anilines is 1. The number of rotatable bonds is 6. The molecule has 124 valence electrons. The molecule has 7 heteroatoms. The summed E-state index contributed by atoms with van der Waals surface area (Å²) in [7, 11) is -3.28. The van der Waals surface area contributed by atoms with Gasteiger partial charge in [0.2, 0.25) is 5.91 Å². The molecule has 23 heavy (non-hydrogen) atoms. The highest BCUT2D eigenvalue weighted by Crippen LogP contribution is 2.20. The van der Waals surface area contributed by atoms with Crippen LogP contribution in [0.3, 0.4) is 0 Å². The maximum absolute atomic E-state index is 12.0. The molecular weight excluding hydrogens is 316 g/mol. The van der Waals surface area contributed by atoms with Gasteiger partial charge in [0.25, 0.3) is 0 Å². The van der Waals surface area contributed by atoms with Gasteiger partial charge in [0.15, 0.2) is 9.84 Å². The van der Waals surface area contributed by atoms with Gasteiger partial charge in [-0.3, -0.25) is 4.79 Å². The van der Waals surface area contributed by atoms with E-state index in [-0.39, 0.29) is 23.4 Å². The van der Waals surface area contributed by atoms with Crippen LogP contribution in [-0.4, -0.2) is 27.1 Å². The lowest BCUT2D eigenvalue weighted by Crippen LogP contribution is -2.32. The Bertz CT molecular complexity index is 782. The summed E-state index contributed by atoms with van der Waals surface area (Å²) in [6.07, 6.45) is 2.70. The number of hydrogen-bond donors (Lipinski definition) is 2. The summed E-state index contributed by atoms with van der Waals surface area (Å²) in [6, 6.07) is 8.11. The summed E-state index contributed by atoms with van der Waals surface area (Å²) in [4.78, 5) is 12.2. The molecule has 0 fully saturated rings. The minimum Gasteiger partial charge on any atom is -0.467 e. The molecule has 2 rings (SSSR count). The number of sulfone groups is 1. The predicted octanol–water partition coefficient (Wildman–Crippen LogP) is 2.28. The van der Waals surface area contributed by atoms with E-state index >= 15 is 0 Å². The first-order valence-corrected chi connectivity index (χ1v) is 9.04. The number of hydrogen-bond acceptors (Lipinski definition) is 5. The number of benzene rings is 1. The monoisotopic (exact) mass is 336 g/mol. The Kier molecular flexibility index (Phi) is 5.10. The van der Waals surface area contributed by atoms with Crippen molar-refractivity contribution in [1.82, 2.24) is 5.32 Å². The average Bonchev–Trinajstić information content (AvgIpc) is 2.99. The molecule has 0 radical (unpaired) electrons. The van der Waals surface area contributed by atoms with Gasteiger partial charge in [0, 0.05) is 11.9 Å². The van der Waals surface area contributed by atoms with E-state index in [4.69, 9.17) is 4.42 Å². The zero-order valence-electron chi connectivity index (χ0n) is 13.3. The number of aryl methyl sites for hydroxylation is 1. The second-order valence-electron chi connectivity index (χ2n) is 5.41. The molecule has 0 bridgehead atoms. The Morgan fingerprint density at radius 1 is 1.30 bits per heavy atom. The second kappa shape index (κ2) is 6.87. The van der Waals surface area contributed by atoms with Crippen LogP contribution in [0.25, 0.3) is 0 Å². The third-order valence-corrected chi connectivity index (χ3v) is 4.53. The predicted molar refractivity (Wildman–Crippen MR) is 88.0 cm³/mol. The fourth-order valence-electron chi connectivity index (χ4n) is 2.10. The van der Waals surface area contributed by atoms with E-state index in [1.54, 1.807) is 30.5 Å². The fourth-order valence-corrected chi connectivity index (χ4v) is 2.75. The van der Waals surface area contributed by atoms with Crippen molar-refractivity contribution in [3.63, 3.8) is 0 Å². The summed E-state index contributed by atoms with van der Waals surface area (Å²) in [6.45, 7) is 3.71. The number of nitrogens with one attached hydrogen (secondary N) is 2. The second-order valence-corrected chi connectivity index (χ2v) is 7.42. The van der Waals surface area contributed by atoms with Gasteiger partial charge in [-0.15, -0.1) is 0 Å². The molecule has 0 saturated carbocycles. The molecule has 0 aliphatic rings. The number of amides is 1.